The third kappa shape index (κ3) is 3.76. The van der Waals surface area contributed by atoms with Crippen LogP contribution in [-0.4, -0.2) is 76.6 Å². The van der Waals surface area contributed by atoms with E-state index in [0.29, 0.717) is 17.9 Å². The molecule has 38 heavy (non-hydrogen) atoms. The van der Waals surface area contributed by atoms with Crippen molar-refractivity contribution in [2.75, 3.05) is 33.0 Å². The third-order valence-electron chi connectivity index (χ3n) is 8.77. The molecule has 7 rings (SSSR count). The van der Waals surface area contributed by atoms with Gasteiger partial charge in [0.25, 0.3) is 0 Å². The second kappa shape index (κ2) is 9.34. The number of nitrogens with one attached hydrogen (secondary N) is 1. The molecule has 1 aromatic heterocycles. The van der Waals surface area contributed by atoms with Crippen molar-refractivity contribution in [1.29, 1.82) is 0 Å². The molecule has 0 radical (unpaired) electrons. The molecule has 0 spiro atoms. The molecule has 0 aliphatic carbocycles. The minimum atomic E-state index is -0.521. The quantitative estimate of drug-likeness (QED) is 0.506. The van der Waals surface area contributed by atoms with E-state index in [4.69, 9.17) is 9.47 Å². The number of aromatic nitrogens is 1. The number of amides is 2. The predicted molar refractivity (Wildman–Crippen MR) is 143 cm³/mol. The number of para-hydroxylation sites is 1. The maximum atomic E-state index is 14.1. The molecule has 2 saturated heterocycles. The second-order valence-corrected chi connectivity index (χ2v) is 11.0. The monoisotopic (exact) mass is 514 g/mol. The Morgan fingerprint density at radius 3 is 2.82 bits per heavy atom. The van der Waals surface area contributed by atoms with Gasteiger partial charge in [-0.2, -0.15) is 0 Å². The van der Waals surface area contributed by atoms with E-state index in [1.807, 2.05) is 40.1 Å². The fraction of sp³-hybridized carbons (Fsp3) is 0.467. The molecule has 3 atom stereocenters. The molecule has 5 heterocycles. The molecule has 2 amide bonds. The van der Waals surface area contributed by atoms with Crippen LogP contribution in [0.3, 0.4) is 0 Å². The van der Waals surface area contributed by atoms with Gasteiger partial charge in [-0.15, -0.1) is 0 Å². The molecule has 0 unspecified atom stereocenters. The number of rotatable bonds is 6. The van der Waals surface area contributed by atoms with Crippen LogP contribution >= 0.6 is 0 Å². The summed E-state index contributed by atoms with van der Waals surface area (Å²) in [5, 5.41) is 1.12. The minimum absolute atomic E-state index is 0.00556. The summed E-state index contributed by atoms with van der Waals surface area (Å²) in [4.78, 5) is 37.9. The number of aromatic amines is 1. The maximum Gasteiger partial charge on any atom is 0.246 e. The molecular formula is C30H34N4O4. The zero-order valence-electron chi connectivity index (χ0n) is 21.8. The van der Waals surface area contributed by atoms with Crippen molar-refractivity contribution in [1.82, 2.24) is 19.7 Å². The van der Waals surface area contributed by atoms with Gasteiger partial charge in [0.05, 0.1) is 6.04 Å². The zero-order chi connectivity index (χ0) is 25.8. The smallest absolute Gasteiger partial charge is 0.246 e. The summed E-state index contributed by atoms with van der Waals surface area (Å²) in [5.74, 6) is 1.46. The van der Waals surface area contributed by atoms with Gasteiger partial charge in [-0.3, -0.25) is 9.59 Å². The normalized spacial score (nSPS) is 24.8. The molecule has 0 bridgehead atoms. The van der Waals surface area contributed by atoms with Gasteiger partial charge in [0.15, 0.2) is 11.5 Å². The van der Waals surface area contributed by atoms with Crippen LogP contribution in [0.1, 0.15) is 55.5 Å². The third-order valence-corrected chi connectivity index (χ3v) is 8.77. The van der Waals surface area contributed by atoms with Crippen LogP contribution in [0.2, 0.25) is 0 Å². The SMILES string of the molecule is CCCCCN1CC[C@@H](N2CC(=O)N3[C@H](c4ccc5c(c4)OCO5)c4[nH]c5ccccc5c4C[C@@H]3C2=O)C1. The Balaban J connectivity index is 1.25. The number of piperazine rings is 1. The van der Waals surface area contributed by atoms with Crippen molar-refractivity contribution in [3.63, 3.8) is 0 Å². The highest BCUT2D eigenvalue weighted by molar-refractivity contribution is 5.98. The highest BCUT2D eigenvalue weighted by atomic mass is 16.7. The lowest BCUT2D eigenvalue weighted by molar-refractivity contribution is -0.160. The molecule has 1 N–H and O–H groups in total. The topological polar surface area (TPSA) is 78.1 Å². The first kappa shape index (κ1) is 23.6. The van der Waals surface area contributed by atoms with Crippen molar-refractivity contribution in [2.24, 2.45) is 0 Å². The Hall–Kier alpha value is -3.52. The number of carbonyl (C=O) groups is 2. The second-order valence-electron chi connectivity index (χ2n) is 11.0. The number of fused-ring (bicyclic) bond motifs is 5. The van der Waals surface area contributed by atoms with Crippen LogP contribution in [0, 0.1) is 0 Å². The Kier molecular flexibility index (Phi) is 5.80. The molecular weight excluding hydrogens is 480 g/mol. The lowest BCUT2D eigenvalue weighted by atomic mass is 9.85. The number of benzene rings is 2. The van der Waals surface area contributed by atoms with Crippen LogP contribution in [0.25, 0.3) is 10.9 Å². The van der Waals surface area contributed by atoms with E-state index in [9.17, 15) is 9.59 Å². The fourth-order valence-electron chi connectivity index (χ4n) is 6.88. The number of hydrogen-bond donors (Lipinski definition) is 1. The lowest BCUT2D eigenvalue weighted by Gasteiger charge is -2.48. The molecule has 0 saturated carbocycles. The van der Waals surface area contributed by atoms with Gasteiger partial charge in [-0.05, 0) is 48.7 Å². The summed E-state index contributed by atoms with van der Waals surface area (Å²) in [5.41, 5.74) is 4.06. The first-order valence-electron chi connectivity index (χ1n) is 14.0. The summed E-state index contributed by atoms with van der Waals surface area (Å²) < 4.78 is 11.2. The van der Waals surface area contributed by atoms with Crippen LogP contribution in [0.4, 0.5) is 0 Å². The van der Waals surface area contributed by atoms with E-state index in [0.717, 1.165) is 53.8 Å². The van der Waals surface area contributed by atoms with Crippen LogP contribution in [-0.2, 0) is 16.0 Å². The summed E-state index contributed by atoms with van der Waals surface area (Å²) in [6.45, 7) is 5.47. The number of H-pyrrole nitrogens is 1. The zero-order valence-corrected chi connectivity index (χ0v) is 21.8. The van der Waals surface area contributed by atoms with Gasteiger partial charge in [0.2, 0.25) is 18.6 Å². The number of ether oxygens (including phenoxy) is 2. The van der Waals surface area contributed by atoms with Crippen molar-refractivity contribution >= 4 is 22.7 Å². The van der Waals surface area contributed by atoms with Gasteiger partial charge < -0.3 is 29.2 Å². The Bertz CT molecular complexity index is 1400. The number of carbonyl (C=O) groups excluding carboxylic acids is 2. The molecule has 198 valence electrons. The number of hydrogen-bond acceptors (Lipinski definition) is 5. The number of unbranched alkanes of at least 4 members (excludes halogenated alkanes) is 2. The standard InChI is InChI=1S/C30H34N4O4/c1-2-3-6-12-32-13-11-20(16-32)33-17-27(35)34-24(30(33)36)15-22-21-7-4-5-8-23(21)31-28(22)29(34)19-9-10-25-26(14-19)38-18-37-25/h4-5,7-10,14,20,24,29,31H,2-3,6,11-13,15-18H2,1H3/t20-,24-,29-/m1/s1. The molecule has 8 nitrogen and oxygen atoms in total. The van der Waals surface area contributed by atoms with Crippen molar-refractivity contribution < 1.29 is 19.1 Å². The van der Waals surface area contributed by atoms with E-state index >= 15 is 0 Å². The minimum Gasteiger partial charge on any atom is -0.454 e. The van der Waals surface area contributed by atoms with E-state index in [1.165, 1.54) is 19.3 Å². The maximum absolute atomic E-state index is 14.1. The summed E-state index contributed by atoms with van der Waals surface area (Å²) in [6, 6.07) is 13.2. The Morgan fingerprint density at radius 2 is 1.92 bits per heavy atom. The number of nitrogens with zero attached hydrogens (tertiary/aromatic N) is 3. The summed E-state index contributed by atoms with van der Waals surface area (Å²) in [6.07, 6.45) is 5.07. The van der Waals surface area contributed by atoms with Crippen LogP contribution in [0.15, 0.2) is 42.5 Å². The van der Waals surface area contributed by atoms with Gasteiger partial charge in [0.1, 0.15) is 12.6 Å². The van der Waals surface area contributed by atoms with Gasteiger partial charge in [-0.25, -0.2) is 0 Å². The van der Waals surface area contributed by atoms with Crippen molar-refractivity contribution in [2.45, 2.75) is 57.2 Å². The average Bonchev–Trinajstić information content (AvgIpc) is 3.68. The van der Waals surface area contributed by atoms with Gasteiger partial charge >= 0.3 is 0 Å². The average molecular weight is 515 g/mol. The van der Waals surface area contributed by atoms with Crippen molar-refractivity contribution in [3.8, 4) is 11.5 Å². The largest absolute Gasteiger partial charge is 0.454 e. The fourth-order valence-corrected chi connectivity index (χ4v) is 6.88. The molecule has 2 aromatic carbocycles. The lowest BCUT2D eigenvalue weighted by Crippen LogP contribution is -2.65. The van der Waals surface area contributed by atoms with Gasteiger partial charge in [-0.1, -0.05) is 44.0 Å². The predicted octanol–water partition coefficient (Wildman–Crippen LogP) is 3.85. The molecule has 4 aliphatic rings. The summed E-state index contributed by atoms with van der Waals surface area (Å²) in [7, 11) is 0. The Morgan fingerprint density at radius 1 is 1.05 bits per heavy atom. The van der Waals surface area contributed by atoms with Crippen LogP contribution in [0.5, 0.6) is 11.5 Å². The van der Waals surface area contributed by atoms with Crippen molar-refractivity contribution in [3.05, 3.63) is 59.3 Å². The highest BCUT2D eigenvalue weighted by Crippen LogP contribution is 2.45. The number of likely N-dealkylation sites (tertiary alicyclic amines) is 1. The van der Waals surface area contributed by atoms with E-state index in [-0.39, 0.29) is 31.2 Å². The molecule has 8 heteroatoms. The highest BCUT2D eigenvalue weighted by Gasteiger charge is 2.50. The molecule has 3 aromatic rings. The van der Waals surface area contributed by atoms with E-state index in [1.54, 1.807) is 0 Å². The van der Waals surface area contributed by atoms with E-state index in [2.05, 4.69) is 28.9 Å². The molecule has 2 fully saturated rings. The van der Waals surface area contributed by atoms with Crippen LogP contribution < -0.4 is 9.47 Å². The summed E-state index contributed by atoms with van der Waals surface area (Å²) >= 11 is 0. The first-order chi connectivity index (χ1) is 18.6. The first-order valence-corrected chi connectivity index (χ1v) is 14.0. The van der Waals surface area contributed by atoms with Gasteiger partial charge in [0, 0.05) is 42.1 Å². The molecule has 4 aliphatic heterocycles. The Labute approximate surface area is 222 Å². The van der Waals surface area contributed by atoms with E-state index < -0.39 is 12.1 Å².